The summed E-state index contributed by atoms with van der Waals surface area (Å²) in [5.74, 6) is 0.778. The molecule has 0 fully saturated rings. The molecule has 28 heavy (non-hydrogen) atoms. The van der Waals surface area contributed by atoms with Crippen LogP contribution in [0.5, 0.6) is 0 Å². The third-order valence-electron chi connectivity index (χ3n) is 4.28. The number of halogens is 3. The molecule has 2 aromatic carbocycles. The minimum absolute atomic E-state index is 0. The van der Waals surface area contributed by atoms with E-state index in [-0.39, 0.29) is 12.4 Å². The van der Waals surface area contributed by atoms with Gasteiger partial charge in [0.15, 0.2) is 0 Å². The number of nitrogens with zero attached hydrogens (tertiary/aromatic N) is 3. The standard InChI is InChI=1S/C19H11Cl2N5S.ClH/c20-14-3-1-10(7-15(14)21)17-13-8-11(2-4-16(13)25-26-17)24-18-12-5-6-27-19(12)23-9-22-18;/h1-9H,(H,25,26)(H,22,23,24);1H. The van der Waals surface area contributed by atoms with Crippen LogP contribution in [0.1, 0.15) is 0 Å². The number of H-pyrrole nitrogens is 1. The van der Waals surface area contributed by atoms with Gasteiger partial charge in [-0.15, -0.1) is 23.7 Å². The number of anilines is 2. The summed E-state index contributed by atoms with van der Waals surface area (Å²) in [6.07, 6.45) is 1.57. The number of fused-ring (bicyclic) bond motifs is 2. The summed E-state index contributed by atoms with van der Waals surface area (Å²) in [5.41, 5.74) is 3.56. The van der Waals surface area contributed by atoms with Crippen molar-refractivity contribution < 1.29 is 0 Å². The Morgan fingerprint density at radius 1 is 0.929 bits per heavy atom. The summed E-state index contributed by atoms with van der Waals surface area (Å²) in [7, 11) is 0. The fourth-order valence-electron chi connectivity index (χ4n) is 2.98. The maximum atomic E-state index is 6.17. The number of aromatic nitrogens is 4. The van der Waals surface area contributed by atoms with Crippen LogP contribution in [-0.4, -0.2) is 20.2 Å². The lowest BCUT2D eigenvalue weighted by molar-refractivity contribution is 1.12. The first kappa shape index (κ1) is 19.0. The van der Waals surface area contributed by atoms with Gasteiger partial charge in [0.25, 0.3) is 0 Å². The highest BCUT2D eigenvalue weighted by Gasteiger charge is 2.12. The third-order valence-corrected chi connectivity index (χ3v) is 5.84. The normalized spacial score (nSPS) is 10.9. The van der Waals surface area contributed by atoms with E-state index in [0.29, 0.717) is 10.0 Å². The average molecular weight is 449 g/mol. The van der Waals surface area contributed by atoms with Crippen LogP contribution < -0.4 is 5.32 Å². The predicted molar refractivity (Wildman–Crippen MR) is 119 cm³/mol. The molecule has 5 rings (SSSR count). The molecule has 0 saturated heterocycles. The molecule has 0 amide bonds. The van der Waals surface area contributed by atoms with Crippen LogP contribution in [0.3, 0.4) is 0 Å². The van der Waals surface area contributed by atoms with Crippen molar-refractivity contribution >= 4 is 79.6 Å². The van der Waals surface area contributed by atoms with E-state index in [4.69, 9.17) is 23.2 Å². The molecule has 140 valence electrons. The summed E-state index contributed by atoms with van der Waals surface area (Å²) >= 11 is 13.8. The zero-order chi connectivity index (χ0) is 18.4. The van der Waals surface area contributed by atoms with Crippen LogP contribution >= 0.6 is 46.9 Å². The van der Waals surface area contributed by atoms with Crippen LogP contribution in [0.4, 0.5) is 11.5 Å². The van der Waals surface area contributed by atoms with Gasteiger partial charge in [-0.25, -0.2) is 9.97 Å². The molecule has 0 spiro atoms. The van der Waals surface area contributed by atoms with Crippen molar-refractivity contribution in [3.05, 3.63) is 64.2 Å². The van der Waals surface area contributed by atoms with Crippen molar-refractivity contribution in [2.75, 3.05) is 5.32 Å². The van der Waals surface area contributed by atoms with Crippen LogP contribution in [0.2, 0.25) is 10.0 Å². The van der Waals surface area contributed by atoms with E-state index in [1.54, 1.807) is 23.7 Å². The lowest BCUT2D eigenvalue weighted by Gasteiger charge is -2.07. The summed E-state index contributed by atoms with van der Waals surface area (Å²) < 4.78 is 0. The number of nitrogens with one attached hydrogen (secondary N) is 2. The van der Waals surface area contributed by atoms with E-state index in [9.17, 15) is 0 Å². The van der Waals surface area contributed by atoms with Gasteiger partial charge in [0.2, 0.25) is 0 Å². The van der Waals surface area contributed by atoms with Crippen LogP contribution in [0, 0.1) is 0 Å². The molecular weight excluding hydrogens is 437 g/mol. The monoisotopic (exact) mass is 447 g/mol. The quantitative estimate of drug-likeness (QED) is 0.322. The van der Waals surface area contributed by atoms with Gasteiger partial charge in [0.1, 0.15) is 22.7 Å². The topological polar surface area (TPSA) is 66.5 Å². The Kier molecular flexibility index (Phi) is 5.12. The summed E-state index contributed by atoms with van der Waals surface area (Å²) in [4.78, 5) is 9.61. The number of rotatable bonds is 3. The number of benzene rings is 2. The number of aromatic amines is 1. The van der Waals surface area contributed by atoms with Gasteiger partial charge < -0.3 is 5.32 Å². The molecule has 2 N–H and O–H groups in total. The minimum atomic E-state index is 0. The molecule has 3 heterocycles. The molecule has 5 nitrogen and oxygen atoms in total. The van der Waals surface area contributed by atoms with Crippen LogP contribution in [0.15, 0.2) is 54.2 Å². The van der Waals surface area contributed by atoms with Crippen molar-refractivity contribution in [2.45, 2.75) is 0 Å². The molecule has 0 bridgehead atoms. The Morgan fingerprint density at radius 3 is 2.68 bits per heavy atom. The van der Waals surface area contributed by atoms with Crippen molar-refractivity contribution in [1.82, 2.24) is 20.2 Å². The number of hydrogen-bond donors (Lipinski definition) is 2. The molecule has 0 aliphatic heterocycles. The SMILES string of the molecule is Cl.Clc1ccc(-c2n[nH]c3ccc(Nc4ncnc5sccc45)cc23)cc1Cl. The second-order valence-electron chi connectivity index (χ2n) is 5.95. The summed E-state index contributed by atoms with van der Waals surface area (Å²) in [6.45, 7) is 0. The first-order valence-corrected chi connectivity index (χ1v) is 9.71. The molecule has 0 unspecified atom stereocenters. The minimum Gasteiger partial charge on any atom is -0.340 e. The summed E-state index contributed by atoms with van der Waals surface area (Å²) in [5, 5.41) is 15.9. The number of thiophene rings is 1. The molecule has 3 aromatic heterocycles. The van der Waals surface area contributed by atoms with Gasteiger partial charge >= 0.3 is 0 Å². The molecule has 9 heteroatoms. The molecule has 0 atom stereocenters. The largest absolute Gasteiger partial charge is 0.340 e. The maximum absolute atomic E-state index is 6.17. The van der Waals surface area contributed by atoms with Gasteiger partial charge in [0, 0.05) is 16.6 Å². The van der Waals surface area contributed by atoms with E-state index in [1.165, 1.54) is 0 Å². The van der Waals surface area contributed by atoms with E-state index in [1.807, 2.05) is 41.8 Å². The fraction of sp³-hybridized carbons (Fsp3) is 0. The zero-order valence-corrected chi connectivity index (χ0v) is 17.3. The second-order valence-corrected chi connectivity index (χ2v) is 7.66. The predicted octanol–water partition coefficient (Wildman–Crippen LogP) is 6.71. The van der Waals surface area contributed by atoms with Gasteiger partial charge in [-0.05, 0) is 41.8 Å². The van der Waals surface area contributed by atoms with E-state index >= 15 is 0 Å². The number of hydrogen-bond acceptors (Lipinski definition) is 5. The lowest BCUT2D eigenvalue weighted by Crippen LogP contribution is -1.94. The molecule has 0 aliphatic carbocycles. The third kappa shape index (κ3) is 3.29. The van der Waals surface area contributed by atoms with Crippen LogP contribution in [-0.2, 0) is 0 Å². The van der Waals surface area contributed by atoms with E-state index in [2.05, 4.69) is 25.5 Å². The fourth-order valence-corrected chi connectivity index (χ4v) is 4.01. The first-order valence-electron chi connectivity index (χ1n) is 8.08. The molecule has 0 radical (unpaired) electrons. The smallest absolute Gasteiger partial charge is 0.142 e. The Morgan fingerprint density at radius 2 is 1.82 bits per heavy atom. The van der Waals surface area contributed by atoms with Crippen molar-refractivity contribution in [3.63, 3.8) is 0 Å². The summed E-state index contributed by atoms with van der Waals surface area (Å²) in [6, 6.07) is 13.5. The van der Waals surface area contributed by atoms with Gasteiger partial charge in [-0.2, -0.15) is 5.10 Å². The molecular formula is C19H12Cl3N5S. The average Bonchev–Trinajstić information content (AvgIpc) is 3.31. The van der Waals surface area contributed by atoms with Gasteiger partial charge in [-0.1, -0.05) is 29.3 Å². The zero-order valence-electron chi connectivity index (χ0n) is 14.1. The van der Waals surface area contributed by atoms with Gasteiger partial charge in [0.05, 0.1) is 20.9 Å². The van der Waals surface area contributed by atoms with Gasteiger partial charge in [-0.3, -0.25) is 5.10 Å². The van der Waals surface area contributed by atoms with E-state index in [0.717, 1.165) is 43.9 Å². The van der Waals surface area contributed by atoms with Crippen molar-refractivity contribution in [1.29, 1.82) is 0 Å². The van der Waals surface area contributed by atoms with Crippen molar-refractivity contribution in [3.8, 4) is 11.3 Å². The highest BCUT2D eigenvalue weighted by molar-refractivity contribution is 7.16. The lowest BCUT2D eigenvalue weighted by atomic mass is 10.1. The highest BCUT2D eigenvalue weighted by atomic mass is 35.5. The Balaban J connectivity index is 0.00000192. The Hall–Kier alpha value is -2.38. The van der Waals surface area contributed by atoms with E-state index < -0.39 is 0 Å². The molecule has 5 aromatic rings. The van der Waals surface area contributed by atoms with Crippen molar-refractivity contribution in [2.24, 2.45) is 0 Å². The second kappa shape index (κ2) is 7.56. The Labute approximate surface area is 180 Å². The molecule has 0 aliphatic rings. The first-order chi connectivity index (χ1) is 13.2. The Bertz CT molecular complexity index is 1300. The van der Waals surface area contributed by atoms with Crippen LogP contribution in [0.25, 0.3) is 32.4 Å². The highest BCUT2D eigenvalue weighted by Crippen LogP contribution is 2.33. The maximum Gasteiger partial charge on any atom is 0.142 e. The molecule has 0 saturated carbocycles.